The van der Waals surface area contributed by atoms with Crippen molar-refractivity contribution in [2.45, 2.75) is 45.7 Å². The average Bonchev–Trinajstić information content (AvgIpc) is 3.10. The molecule has 1 aliphatic rings. The summed E-state index contributed by atoms with van der Waals surface area (Å²) in [5.41, 5.74) is 4.18. The molecule has 1 aliphatic heterocycles. The van der Waals surface area contributed by atoms with Crippen LogP contribution in [0.15, 0.2) is 24.5 Å². The number of hydrogen-bond acceptors (Lipinski definition) is 5. The van der Waals surface area contributed by atoms with Gasteiger partial charge in [-0.2, -0.15) is 0 Å². The summed E-state index contributed by atoms with van der Waals surface area (Å²) in [7, 11) is 1.72. The van der Waals surface area contributed by atoms with E-state index in [1.165, 1.54) is 29.7 Å². The van der Waals surface area contributed by atoms with Gasteiger partial charge in [0.1, 0.15) is 12.2 Å². The Hall–Kier alpha value is -1.92. The third-order valence-corrected chi connectivity index (χ3v) is 5.43. The molecule has 1 fully saturated rings. The normalized spacial score (nSPS) is 15.6. The molecular formula is C20H31N5O. The molecule has 142 valence electrons. The van der Waals surface area contributed by atoms with Crippen LogP contribution in [0.25, 0.3) is 0 Å². The Morgan fingerprint density at radius 3 is 2.81 bits per heavy atom. The molecule has 26 heavy (non-hydrogen) atoms. The summed E-state index contributed by atoms with van der Waals surface area (Å²) < 4.78 is 7.21. The average molecular weight is 358 g/mol. The molecule has 0 saturated carbocycles. The van der Waals surface area contributed by atoms with Gasteiger partial charge >= 0.3 is 0 Å². The zero-order valence-electron chi connectivity index (χ0n) is 16.2. The second-order valence-electron chi connectivity index (χ2n) is 7.12. The van der Waals surface area contributed by atoms with E-state index in [4.69, 9.17) is 4.74 Å². The van der Waals surface area contributed by atoms with Crippen LogP contribution in [0.4, 0.5) is 5.69 Å². The third-order valence-electron chi connectivity index (χ3n) is 5.43. The minimum absolute atomic E-state index is 0.590. The standard InChI is InChI=1S/C20H31N5O/c1-16-5-4-6-19(17(16)2)24-11-8-18(9-12-24)21-10-7-20-23-22-15-25(20)13-14-26-3/h4-6,15,18,21H,7-14H2,1-3H3. The molecule has 0 aliphatic carbocycles. The smallest absolute Gasteiger partial charge is 0.134 e. The summed E-state index contributed by atoms with van der Waals surface area (Å²) in [6.45, 7) is 9.10. The molecule has 0 spiro atoms. The molecule has 0 atom stereocenters. The summed E-state index contributed by atoms with van der Waals surface area (Å²) in [4.78, 5) is 2.53. The Kier molecular flexibility index (Phi) is 6.63. The fraction of sp³-hybridized carbons (Fsp3) is 0.600. The minimum atomic E-state index is 0.590. The van der Waals surface area contributed by atoms with Gasteiger partial charge in [-0.3, -0.25) is 0 Å². The number of rotatable bonds is 8. The van der Waals surface area contributed by atoms with E-state index in [1.807, 2.05) is 0 Å². The SMILES string of the molecule is COCCn1cnnc1CCNC1CCN(c2cccc(C)c2C)CC1. The number of nitrogens with one attached hydrogen (secondary N) is 1. The number of aromatic nitrogens is 3. The molecule has 0 unspecified atom stereocenters. The largest absolute Gasteiger partial charge is 0.383 e. The maximum Gasteiger partial charge on any atom is 0.134 e. The lowest BCUT2D eigenvalue weighted by Gasteiger charge is -2.35. The van der Waals surface area contributed by atoms with Gasteiger partial charge in [-0.25, -0.2) is 0 Å². The monoisotopic (exact) mass is 357 g/mol. The van der Waals surface area contributed by atoms with E-state index in [-0.39, 0.29) is 0 Å². The van der Waals surface area contributed by atoms with E-state index in [0.717, 1.165) is 38.4 Å². The molecule has 1 aromatic heterocycles. The molecule has 6 heteroatoms. The Morgan fingerprint density at radius 1 is 1.23 bits per heavy atom. The molecule has 0 amide bonds. The lowest BCUT2D eigenvalue weighted by Crippen LogP contribution is -2.43. The highest BCUT2D eigenvalue weighted by Gasteiger charge is 2.20. The van der Waals surface area contributed by atoms with E-state index in [1.54, 1.807) is 13.4 Å². The van der Waals surface area contributed by atoms with Gasteiger partial charge in [0.05, 0.1) is 6.61 Å². The van der Waals surface area contributed by atoms with Crippen LogP contribution in [0.2, 0.25) is 0 Å². The molecule has 3 rings (SSSR count). The van der Waals surface area contributed by atoms with Gasteiger partial charge in [0.15, 0.2) is 0 Å². The van der Waals surface area contributed by atoms with Crippen LogP contribution < -0.4 is 10.2 Å². The van der Waals surface area contributed by atoms with Crippen molar-refractivity contribution >= 4 is 5.69 Å². The molecule has 6 nitrogen and oxygen atoms in total. The van der Waals surface area contributed by atoms with Gasteiger partial charge in [-0.05, 0) is 43.9 Å². The van der Waals surface area contributed by atoms with Crippen molar-refractivity contribution in [2.24, 2.45) is 0 Å². The van der Waals surface area contributed by atoms with Crippen LogP contribution in [-0.4, -0.2) is 54.2 Å². The first-order valence-corrected chi connectivity index (χ1v) is 9.59. The van der Waals surface area contributed by atoms with Gasteiger partial charge < -0.3 is 19.5 Å². The summed E-state index contributed by atoms with van der Waals surface area (Å²) in [6, 6.07) is 7.20. The van der Waals surface area contributed by atoms with Crippen molar-refractivity contribution < 1.29 is 4.74 Å². The fourth-order valence-corrected chi connectivity index (χ4v) is 3.64. The van der Waals surface area contributed by atoms with E-state index in [9.17, 15) is 0 Å². The van der Waals surface area contributed by atoms with E-state index < -0.39 is 0 Å². The van der Waals surface area contributed by atoms with Crippen molar-refractivity contribution in [1.82, 2.24) is 20.1 Å². The Balaban J connectivity index is 1.43. The Labute approximate surface area is 156 Å². The molecule has 1 aromatic carbocycles. The first-order chi connectivity index (χ1) is 12.7. The zero-order chi connectivity index (χ0) is 18.4. The van der Waals surface area contributed by atoms with Crippen LogP contribution in [-0.2, 0) is 17.7 Å². The predicted octanol–water partition coefficient (Wildman–Crippen LogP) is 2.34. The number of benzene rings is 1. The predicted molar refractivity (Wildman–Crippen MR) is 105 cm³/mol. The number of piperidine rings is 1. The molecule has 1 saturated heterocycles. The third kappa shape index (κ3) is 4.62. The van der Waals surface area contributed by atoms with Gasteiger partial charge in [0.2, 0.25) is 0 Å². The number of ether oxygens (including phenoxy) is 1. The fourth-order valence-electron chi connectivity index (χ4n) is 3.64. The van der Waals surface area contributed by atoms with Crippen molar-refractivity contribution in [3.63, 3.8) is 0 Å². The molecule has 2 aromatic rings. The highest BCUT2D eigenvalue weighted by Crippen LogP contribution is 2.25. The first-order valence-electron chi connectivity index (χ1n) is 9.59. The zero-order valence-corrected chi connectivity index (χ0v) is 16.2. The second-order valence-corrected chi connectivity index (χ2v) is 7.12. The quantitative estimate of drug-likeness (QED) is 0.786. The molecule has 2 heterocycles. The summed E-state index contributed by atoms with van der Waals surface area (Å²) in [5.74, 6) is 1.03. The van der Waals surface area contributed by atoms with Crippen molar-refractivity contribution in [1.29, 1.82) is 0 Å². The van der Waals surface area contributed by atoms with Crippen LogP contribution in [0, 0.1) is 13.8 Å². The lowest BCUT2D eigenvalue weighted by molar-refractivity contribution is 0.186. The Bertz CT molecular complexity index is 691. The van der Waals surface area contributed by atoms with Gasteiger partial charge in [0.25, 0.3) is 0 Å². The number of hydrogen-bond donors (Lipinski definition) is 1. The number of methoxy groups -OCH3 is 1. The molecule has 1 N–H and O–H groups in total. The summed E-state index contributed by atoms with van der Waals surface area (Å²) in [5, 5.41) is 12.0. The van der Waals surface area contributed by atoms with Crippen LogP contribution >= 0.6 is 0 Å². The Morgan fingerprint density at radius 2 is 2.04 bits per heavy atom. The van der Waals surface area contributed by atoms with E-state index in [2.05, 4.69) is 57.0 Å². The highest BCUT2D eigenvalue weighted by molar-refractivity contribution is 5.56. The minimum Gasteiger partial charge on any atom is -0.383 e. The van der Waals surface area contributed by atoms with Gasteiger partial charge in [0, 0.05) is 51.4 Å². The van der Waals surface area contributed by atoms with Crippen molar-refractivity contribution in [3.05, 3.63) is 41.5 Å². The summed E-state index contributed by atoms with van der Waals surface area (Å²) >= 11 is 0. The number of nitrogens with zero attached hydrogens (tertiary/aromatic N) is 4. The maximum atomic E-state index is 5.14. The second kappa shape index (κ2) is 9.14. The lowest BCUT2D eigenvalue weighted by atomic mass is 10.0. The maximum absolute atomic E-state index is 5.14. The van der Waals surface area contributed by atoms with Crippen molar-refractivity contribution in [3.8, 4) is 0 Å². The van der Waals surface area contributed by atoms with Crippen molar-refractivity contribution in [2.75, 3.05) is 38.3 Å². The van der Waals surface area contributed by atoms with Gasteiger partial charge in [-0.1, -0.05) is 12.1 Å². The van der Waals surface area contributed by atoms with Crippen LogP contribution in [0.3, 0.4) is 0 Å². The molecular weight excluding hydrogens is 326 g/mol. The number of aryl methyl sites for hydroxylation is 1. The van der Waals surface area contributed by atoms with Gasteiger partial charge in [-0.15, -0.1) is 10.2 Å². The topological polar surface area (TPSA) is 55.2 Å². The van der Waals surface area contributed by atoms with E-state index in [0.29, 0.717) is 12.6 Å². The highest BCUT2D eigenvalue weighted by atomic mass is 16.5. The van der Waals surface area contributed by atoms with Crippen LogP contribution in [0.1, 0.15) is 29.8 Å². The first kappa shape index (κ1) is 18.9. The van der Waals surface area contributed by atoms with E-state index >= 15 is 0 Å². The van der Waals surface area contributed by atoms with Crippen LogP contribution in [0.5, 0.6) is 0 Å². The molecule has 0 radical (unpaired) electrons. The molecule has 0 bridgehead atoms. The number of anilines is 1. The summed E-state index contributed by atoms with van der Waals surface area (Å²) in [6.07, 6.45) is 5.06.